The van der Waals surface area contributed by atoms with Gasteiger partial charge in [0.25, 0.3) is 0 Å². The fraction of sp³-hybridized carbons (Fsp3) is 0.143. The van der Waals surface area contributed by atoms with Crippen LogP contribution in [0.5, 0.6) is 5.75 Å². The molecule has 4 heteroatoms. The maximum atomic E-state index is 6.43. The lowest BCUT2D eigenvalue weighted by Gasteiger charge is -2.22. The summed E-state index contributed by atoms with van der Waals surface area (Å²) in [4.78, 5) is 0. The Morgan fingerprint density at radius 2 is 1.56 bits per heavy atom. The summed E-state index contributed by atoms with van der Waals surface area (Å²) in [5.41, 5.74) is 1.42. The van der Waals surface area contributed by atoms with Crippen molar-refractivity contribution in [3.05, 3.63) is 64.7 Å². The highest BCUT2D eigenvalue weighted by Gasteiger charge is 2.30. The van der Waals surface area contributed by atoms with E-state index in [-0.39, 0.29) is 0 Å². The fourth-order valence-electron chi connectivity index (χ4n) is 1.67. The first-order valence-corrected chi connectivity index (χ1v) is 6.46. The SMILES string of the molecule is COc1ccc(C(Cl)(Cl)c2ccccc2Cl)cc1. The van der Waals surface area contributed by atoms with Gasteiger partial charge in [-0.05, 0) is 23.8 Å². The minimum Gasteiger partial charge on any atom is -0.497 e. The van der Waals surface area contributed by atoms with Gasteiger partial charge in [-0.1, -0.05) is 65.1 Å². The van der Waals surface area contributed by atoms with Crippen molar-refractivity contribution >= 4 is 34.8 Å². The Kier molecular flexibility index (Phi) is 4.06. The molecule has 2 rings (SSSR count). The minimum absolute atomic E-state index is 0.540. The van der Waals surface area contributed by atoms with E-state index in [1.54, 1.807) is 13.2 Å². The van der Waals surface area contributed by atoms with Gasteiger partial charge in [0.05, 0.1) is 7.11 Å². The summed E-state index contributed by atoms with van der Waals surface area (Å²) in [7, 11) is 1.61. The van der Waals surface area contributed by atoms with E-state index in [4.69, 9.17) is 39.5 Å². The topological polar surface area (TPSA) is 9.23 Å². The number of rotatable bonds is 3. The van der Waals surface area contributed by atoms with Crippen LogP contribution in [0.1, 0.15) is 11.1 Å². The molecule has 0 saturated carbocycles. The smallest absolute Gasteiger partial charge is 0.169 e. The monoisotopic (exact) mass is 300 g/mol. The molecule has 0 amide bonds. The average molecular weight is 302 g/mol. The number of benzene rings is 2. The molecule has 0 aliphatic heterocycles. The predicted octanol–water partition coefficient (Wildman–Crippen LogP) is 5.03. The Labute approximate surface area is 121 Å². The first kappa shape index (κ1) is 13.5. The molecule has 0 unspecified atom stereocenters. The zero-order chi connectivity index (χ0) is 13.2. The second kappa shape index (κ2) is 5.40. The summed E-state index contributed by atoms with van der Waals surface area (Å²) in [6, 6.07) is 14.5. The number of hydrogen-bond acceptors (Lipinski definition) is 1. The van der Waals surface area contributed by atoms with Gasteiger partial charge < -0.3 is 4.74 Å². The third-order valence-corrected chi connectivity index (χ3v) is 3.84. The molecular weight excluding hydrogens is 291 g/mol. The van der Waals surface area contributed by atoms with E-state index >= 15 is 0 Å². The van der Waals surface area contributed by atoms with E-state index in [1.165, 1.54) is 0 Å². The molecule has 0 aliphatic rings. The van der Waals surface area contributed by atoms with Gasteiger partial charge in [-0.3, -0.25) is 0 Å². The van der Waals surface area contributed by atoms with Gasteiger partial charge in [0.15, 0.2) is 4.33 Å². The van der Waals surface area contributed by atoms with E-state index in [0.717, 1.165) is 11.3 Å². The van der Waals surface area contributed by atoms with Crippen LogP contribution < -0.4 is 4.74 Å². The highest BCUT2D eigenvalue weighted by atomic mass is 35.5. The average Bonchev–Trinajstić information content (AvgIpc) is 2.39. The van der Waals surface area contributed by atoms with Crippen LogP contribution in [0, 0.1) is 0 Å². The zero-order valence-electron chi connectivity index (χ0n) is 9.66. The van der Waals surface area contributed by atoms with Gasteiger partial charge in [-0.15, -0.1) is 0 Å². The molecule has 0 spiro atoms. The molecule has 2 aromatic carbocycles. The Hall–Kier alpha value is -0.890. The molecular formula is C14H11Cl3O. The van der Waals surface area contributed by atoms with Gasteiger partial charge in [0.1, 0.15) is 5.75 Å². The van der Waals surface area contributed by atoms with E-state index in [0.29, 0.717) is 10.6 Å². The highest BCUT2D eigenvalue weighted by Crippen LogP contribution is 2.43. The van der Waals surface area contributed by atoms with Crippen molar-refractivity contribution in [3.63, 3.8) is 0 Å². The van der Waals surface area contributed by atoms with Crippen LogP contribution in [0.15, 0.2) is 48.5 Å². The second-order valence-corrected chi connectivity index (χ2v) is 5.52. The third kappa shape index (κ3) is 2.59. The summed E-state index contributed by atoms with van der Waals surface area (Å²) >= 11 is 19.0. The molecule has 2 aromatic rings. The Bertz CT molecular complexity index is 535. The maximum absolute atomic E-state index is 6.43. The lowest BCUT2D eigenvalue weighted by Crippen LogP contribution is -2.12. The van der Waals surface area contributed by atoms with Gasteiger partial charge >= 0.3 is 0 Å². The molecule has 0 bridgehead atoms. The fourth-order valence-corrected chi connectivity index (χ4v) is 2.63. The van der Waals surface area contributed by atoms with Crippen molar-refractivity contribution < 1.29 is 4.74 Å². The van der Waals surface area contributed by atoms with Gasteiger partial charge in [0.2, 0.25) is 0 Å². The normalized spacial score (nSPS) is 11.3. The molecule has 0 aromatic heterocycles. The first-order chi connectivity index (χ1) is 8.55. The second-order valence-electron chi connectivity index (χ2n) is 3.78. The van der Waals surface area contributed by atoms with Crippen LogP contribution in [0.4, 0.5) is 0 Å². The molecule has 18 heavy (non-hydrogen) atoms. The Morgan fingerprint density at radius 1 is 0.944 bits per heavy atom. The molecule has 0 saturated heterocycles. The van der Waals surface area contributed by atoms with Crippen LogP contribution >= 0.6 is 34.8 Å². The number of ether oxygens (including phenoxy) is 1. The van der Waals surface area contributed by atoms with Crippen molar-refractivity contribution in [3.8, 4) is 5.75 Å². The maximum Gasteiger partial charge on any atom is 0.169 e. The largest absolute Gasteiger partial charge is 0.497 e. The Morgan fingerprint density at radius 3 is 2.11 bits per heavy atom. The molecule has 0 fully saturated rings. The van der Waals surface area contributed by atoms with Crippen molar-refractivity contribution in [2.45, 2.75) is 4.33 Å². The Balaban J connectivity index is 2.44. The van der Waals surface area contributed by atoms with Crippen molar-refractivity contribution in [1.29, 1.82) is 0 Å². The van der Waals surface area contributed by atoms with E-state index in [2.05, 4.69) is 0 Å². The quantitative estimate of drug-likeness (QED) is 0.723. The van der Waals surface area contributed by atoms with Gasteiger partial charge in [-0.2, -0.15) is 0 Å². The molecule has 0 heterocycles. The van der Waals surface area contributed by atoms with E-state index < -0.39 is 4.33 Å². The first-order valence-electron chi connectivity index (χ1n) is 5.33. The lowest BCUT2D eigenvalue weighted by atomic mass is 10.0. The summed E-state index contributed by atoms with van der Waals surface area (Å²) in [6.07, 6.45) is 0. The standard InChI is InChI=1S/C14H11Cl3O/c1-18-11-8-6-10(7-9-11)14(16,17)12-4-2-3-5-13(12)15/h2-9H,1H3. The van der Waals surface area contributed by atoms with Crippen LogP contribution in [-0.4, -0.2) is 7.11 Å². The van der Waals surface area contributed by atoms with E-state index in [1.807, 2.05) is 42.5 Å². The number of halogens is 3. The number of hydrogen-bond donors (Lipinski definition) is 0. The molecule has 94 valence electrons. The van der Waals surface area contributed by atoms with Gasteiger partial charge in [-0.25, -0.2) is 0 Å². The molecule has 0 radical (unpaired) electrons. The van der Waals surface area contributed by atoms with Crippen molar-refractivity contribution in [2.75, 3.05) is 7.11 Å². The van der Waals surface area contributed by atoms with Crippen molar-refractivity contribution in [2.24, 2.45) is 0 Å². The van der Waals surface area contributed by atoms with Crippen LogP contribution in [-0.2, 0) is 4.33 Å². The minimum atomic E-state index is -1.18. The third-order valence-electron chi connectivity index (χ3n) is 2.66. The summed E-state index contributed by atoms with van der Waals surface area (Å²) in [5, 5.41) is 0.540. The highest BCUT2D eigenvalue weighted by molar-refractivity contribution is 6.51. The molecule has 0 atom stereocenters. The summed E-state index contributed by atoms with van der Waals surface area (Å²) in [5.74, 6) is 0.752. The zero-order valence-corrected chi connectivity index (χ0v) is 11.9. The van der Waals surface area contributed by atoms with Crippen LogP contribution in [0.25, 0.3) is 0 Å². The van der Waals surface area contributed by atoms with Crippen LogP contribution in [0.3, 0.4) is 0 Å². The predicted molar refractivity (Wildman–Crippen MR) is 76.9 cm³/mol. The molecule has 1 nitrogen and oxygen atoms in total. The molecule has 0 aliphatic carbocycles. The summed E-state index contributed by atoms with van der Waals surface area (Å²) in [6.45, 7) is 0. The summed E-state index contributed by atoms with van der Waals surface area (Å²) < 4.78 is 3.92. The van der Waals surface area contributed by atoms with Crippen molar-refractivity contribution in [1.82, 2.24) is 0 Å². The number of alkyl halides is 2. The lowest BCUT2D eigenvalue weighted by molar-refractivity contribution is 0.414. The van der Waals surface area contributed by atoms with E-state index in [9.17, 15) is 0 Å². The van der Waals surface area contributed by atoms with Gasteiger partial charge in [0, 0.05) is 10.6 Å². The van der Waals surface area contributed by atoms with Crippen LogP contribution in [0.2, 0.25) is 5.02 Å². The number of methoxy groups -OCH3 is 1. The molecule has 0 N–H and O–H groups in total.